The topological polar surface area (TPSA) is 98.1 Å². The Kier molecular flexibility index (Phi) is 6.22. The summed E-state index contributed by atoms with van der Waals surface area (Å²) in [5.41, 5.74) is 4.18. The summed E-state index contributed by atoms with van der Waals surface area (Å²) in [6.07, 6.45) is 8.75. The number of nitrogens with one attached hydrogen (secondary N) is 1. The molecule has 0 radical (unpaired) electrons. The standard InChI is InChI=1S/C22H26N8/c1-3-5-6-13-30-21(24-20(4-2)27-30)14-16-7-9-17(10-8-16)19-15-23-12-11-18(19)22-25-28-29-26-22/h7-12,15H,3-6,13-14H2,1-2H3,(H,25,26,28,29). The lowest BCUT2D eigenvalue weighted by Gasteiger charge is -2.09. The van der Waals surface area contributed by atoms with Crippen LogP contribution in [0.15, 0.2) is 42.7 Å². The number of aryl methyl sites for hydroxylation is 2. The van der Waals surface area contributed by atoms with Gasteiger partial charge in [0.25, 0.3) is 0 Å². The van der Waals surface area contributed by atoms with Crippen LogP contribution in [-0.2, 0) is 19.4 Å². The van der Waals surface area contributed by atoms with Gasteiger partial charge in [-0.1, -0.05) is 51.0 Å². The number of tetrazole rings is 1. The number of rotatable bonds is 9. The summed E-state index contributed by atoms with van der Waals surface area (Å²) in [5.74, 6) is 2.58. The average molecular weight is 403 g/mol. The van der Waals surface area contributed by atoms with Gasteiger partial charge in [-0.25, -0.2) is 14.8 Å². The van der Waals surface area contributed by atoms with E-state index in [9.17, 15) is 0 Å². The Bertz CT molecular complexity index is 1070. The molecule has 8 heteroatoms. The fraction of sp³-hybridized carbons (Fsp3) is 0.364. The molecule has 4 rings (SSSR count). The first kappa shape index (κ1) is 19.9. The number of H-pyrrole nitrogens is 1. The number of benzene rings is 1. The summed E-state index contributed by atoms with van der Waals surface area (Å²) >= 11 is 0. The van der Waals surface area contributed by atoms with Crippen molar-refractivity contribution in [3.8, 4) is 22.5 Å². The van der Waals surface area contributed by atoms with Crippen LogP contribution in [0.1, 0.15) is 50.3 Å². The Hall–Kier alpha value is -3.42. The zero-order valence-electron chi connectivity index (χ0n) is 17.4. The van der Waals surface area contributed by atoms with Gasteiger partial charge in [0.15, 0.2) is 11.6 Å². The molecule has 30 heavy (non-hydrogen) atoms. The third kappa shape index (κ3) is 4.42. The predicted molar refractivity (Wildman–Crippen MR) is 115 cm³/mol. The van der Waals surface area contributed by atoms with E-state index in [1.165, 1.54) is 18.4 Å². The maximum absolute atomic E-state index is 4.75. The Labute approximate surface area is 175 Å². The number of pyridine rings is 1. The second kappa shape index (κ2) is 9.39. The lowest BCUT2D eigenvalue weighted by Crippen LogP contribution is -2.06. The van der Waals surface area contributed by atoms with Gasteiger partial charge in [-0.3, -0.25) is 4.98 Å². The van der Waals surface area contributed by atoms with E-state index in [4.69, 9.17) is 4.98 Å². The Morgan fingerprint density at radius 1 is 1.00 bits per heavy atom. The first-order valence-corrected chi connectivity index (χ1v) is 10.5. The Morgan fingerprint density at radius 2 is 1.87 bits per heavy atom. The van der Waals surface area contributed by atoms with E-state index in [0.717, 1.165) is 54.1 Å². The Balaban J connectivity index is 1.55. The fourth-order valence-electron chi connectivity index (χ4n) is 3.49. The van der Waals surface area contributed by atoms with E-state index in [0.29, 0.717) is 5.82 Å². The monoisotopic (exact) mass is 402 g/mol. The van der Waals surface area contributed by atoms with Crippen molar-refractivity contribution in [1.82, 2.24) is 40.4 Å². The molecule has 3 aromatic heterocycles. The molecule has 0 fully saturated rings. The van der Waals surface area contributed by atoms with Crippen LogP contribution in [0.5, 0.6) is 0 Å². The quantitative estimate of drug-likeness (QED) is 0.427. The molecule has 0 aliphatic carbocycles. The third-order valence-corrected chi connectivity index (χ3v) is 5.13. The summed E-state index contributed by atoms with van der Waals surface area (Å²) in [5, 5.41) is 18.9. The van der Waals surface area contributed by atoms with Crippen LogP contribution in [0.25, 0.3) is 22.5 Å². The van der Waals surface area contributed by atoms with Crippen molar-refractivity contribution in [2.75, 3.05) is 0 Å². The zero-order chi connectivity index (χ0) is 20.8. The number of nitrogens with zero attached hydrogens (tertiary/aromatic N) is 7. The van der Waals surface area contributed by atoms with Gasteiger partial charge in [0.05, 0.1) is 0 Å². The highest BCUT2D eigenvalue weighted by atomic mass is 15.5. The molecule has 0 aliphatic rings. The maximum Gasteiger partial charge on any atom is 0.180 e. The molecule has 1 N–H and O–H groups in total. The first-order valence-electron chi connectivity index (χ1n) is 10.5. The van der Waals surface area contributed by atoms with Crippen molar-refractivity contribution in [3.05, 3.63) is 59.9 Å². The number of aromatic amines is 1. The van der Waals surface area contributed by atoms with E-state index in [2.05, 4.69) is 73.5 Å². The molecular weight excluding hydrogens is 376 g/mol. The number of hydrogen-bond donors (Lipinski definition) is 1. The second-order valence-electron chi connectivity index (χ2n) is 7.27. The van der Waals surface area contributed by atoms with Crippen LogP contribution in [0.4, 0.5) is 0 Å². The number of unbranched alkanes of at least 4 members (excludes halogenated alkanes) is 2. The van der Waals surface area contributed by atoms with Gasteiger partial charge in [-0.2, -0.15) is 5.10 Å². The normalized spacial score (nSPS) is 11.1. The van der Waals surface area contributed by atoms with Crippen LogP contribution in [-0.4, -0.2) is 40.4 Å². The molecule has 0 spiro atoms. The lowest BCUT2D eigenvalue weighted by molar-refractivity contribution is 0.531. The molecule has 154 valence electrons. The summed E-state index contributed by atoms with van der Waals surface area (Å²) < 4.78 is 2.08. The van der Waals surface area contributed by atoms with Gasteiger partial charge >= 0.3 is 0 Å². The maximum atomic E-state index is 4.75. The highest BCUT2D eigenvalue weighted by Gasteiger charge is 2.12. The molecule has 0 atom stereocenters. The third-order valence-electron chi connectivity index (χ3n) is 5.13. The van der Waals surface area contributed by atoms with Crippen molar-refractivity contribution < 1.29 is 0 Å². The van der Waals surface area contributed by atoms with Crippen LogP contribution in [0, 0.1) is 0 Å². The van der Waals surface area contributed by atoms with E-state index in [1.807, 2.05) is 12.3 Å². The van der Waals surface area contributed by atoms with Crippen molar-refractivity contribution in [2.24, 2.45) is 0 Å². The molecule has 0 saturated carbocycles. The Morgan fingerprint density at radius 3 is 2.60 bits per heavy atom. The molecule has 0 amide bonds. The minimum atomic E-state index is 0.628. The number of aromatic nitrogens is 8. The van der Waals surface area contributed by atoms with Crippen molar-refractivity contribution in [3.63, 3.8) is 0 Å². The van der Waals surface area contributed by atoms with Crippen molar-refractivity contribution in [2.45, 2.75) is 52.5 Å². The SMILES string of the molecule is CCCCCn1nc(CC)nc1Cc1ccc(-c2cnccc2-c2nnn[nH]2)cc1. The fourth-order valence-corrected chi connectivity index (χ4v) is 3.49. The summed E-state index contributed by atoms with van der Waals surface area (Å²) in [7, 11) is 0. The average Bonchev–Trinajstić information content (AvgIpc) is 3.45. The molecule has 0 saturated heterocycles. The van der Waals surface area contributed by atoms with Gasteiger partial charge in [-0.15, -0.1) is 5.10 Å². The predicted octanol–water partition coefficient (Wildman–Crippen LogP) is 3.86. The number of hydrogen-bond acceptors (Lipinski definition) is 6. The summed E-state index contributed by atoms with van der Waals surface area (Å²) in [6.45, 7) is 5.24. The van der Waals surface area contributed by atoms with Gasteiger partial charge in [-0.05, 0) is 34.0 Å². The van der Waals surface area contributed by atoms with Crippen LogP contribution in [0.3, 0.4) is 0 Å². The molecule has 1 aromatic carbocycles. The smallest absolute Gasteiger partial charge is 0.180 e. The van der Waals surface area contributed by atoms with Gasteiger partial charge in [0.1, 0.15) is 5.82 Å². The molecule has 0 bridgehead atoms. The van der Waals surface area contributed by atoms with E-state index < -0.39 is 0 Å². The minimum absolute atomic E-state index is 0.628. The van der Waals surface area contributed by atoms with Crippen molar-refractivity contribution in [1.29, 1.82) is 0 Å². The highest BCUT2D eigenvalue weighted by Crippen LogP contribution is 2.29. The van der Waals surface area contributed by atoms with Gasteiger partial charge in [0, 0.05) is 42.9 Å². The summed E-state index contributed by atoms with van der Waals surface area (Å²) in [4.78, 5) is 9.02. The molecule has 8 nitrogen and oxygen atoms in total. The molecule has 0 aliphatic heterocycles. The van der Waals surface area contributed by atoms with E-state index in [-0.39, 0.29) is 0 Å². The first-order chi connectivity index (χ1) is 14.8. The second-order valence-corrected chi connectivity index (χ2v) is 7.27. The molecule has 3 heterocycles. The van der Waals surface area contributed by atoms with Crippen LogP contribution >= 0.6 is 0 Å². The summed E-state index contributed by atoms with van der Waals surface area (Å²) in [6, 6.07) is 10.4. The van der Waals surface area contributed by atoms with E-state index in [1.54, 1.807) is 6.20 Å². The largest absolute Gasteiger partial charge is 0.264 e. The lowest BCUT2D eigenvalue weighted by atomic mass is 9.99. The molecule has 0 unspecified atom stereocenters. The zero-order valence-corrected chi connectivity index (χ0v) is 17.4. The van der Waals surface area contributed by atoms with Gasteiger partial charge in [0.2, 0.25) is 0 Å². The van der Waals surface area contributed by atoms with Crippen LogP contribution in [0.2, 0.25) is 0 Å². The van der Waals surface area contributed by atoms with Crippen molar-refractivity contribution >= 4 is 0 Å². The minimum Gasteiger partial charge on any atom is -0.264 e. The van der Waals surface area contributed by atoms with Crippen LogP contribution < -0.4 is 0 Å². The highest BCUT2D eigenvalue weighted by molar-refractivity contribution is 5.79. The van der Waals surface area contributed by atoms with Gasteiger partial charge < -0.3 is 0 Å². The molecular formula is C22H26N8. The molecule has 4 aromatic rings. The van der Waals surface area contributed by atoms with E-state index >= 15 is 0 Å².